The average molecular weight is 159 g/mol. The largest absolute Gasteiger partial charge is 0.381 e. The zero-order chi connectivity index (χ0) is 8.10. The summed E-state index contributed by atoms with van der Waals surface area (Å²) in [6, 6.07) is 0. The zero-order valence-electron chi connectivity index (χ0n) is 7.08. The third-order valence-electron chi connectivity index (χ3n) is 2.40. The van der Waals surface area contributed by atoms with Gasteiger partial charge in [0.15, 0.2) is 0 Å². The molecule has 1 aliphatic carbocycles. The van der Waals surface area contributed by atoms with Crippen LogP contribution < -0.4 is 5.90 Å². The fourth-order valence-electron chi connectivity index (χ4n) is 1.74. The molecule has 11 heavy (non-hydrogen) atoms. The van der Waals surface area contributed by atoms with Gasteiger partial charge >= 0.3 is 0 Å². The van der Waals surface area contributed by atoms with Crippen LogP contribution in [0.5, 0.6) is 0 Å². The molecule has 0 aliphatic heterocycles. The van der Waals surface area contributed by atoms with Crippen LogP contribution in [-0.4, -0.2) is 19.8 Å². The van der Waals surface area contributed by atoms with Crippen LogP contribution >= 0.6 is 0 Å². The molecule has 2 unspecified atom stereocenters. The van der Waals surface area contributed by atoms with Gasteiger partial charge < -0.3 is 9.57 Å². The molecule has 0 aromatic rings. The predicted octanol–water partition coefficient (Wildman–Crippen LogP) is 1.08. The molecule has 0 spiro atoms. The Balaban J connectivity index is 2.21. The predicted molar refractivity (Wildman–Crippen MR) is 42.9 cm³/mol. The van der Waals surface area contributed by atoms with Gasteiger partial charge in [-0.3, -0.25) is 0 Å². The first-order valence-electron chi connectivity index (χ1n) is 4.21. The molecule has 1 fully saturated rings. The molecule has 0 amide bonds. The van der Waals surface area contributed by atoms with Gasteiger partial charge in [-0.1, -0.05) is 6.42 Å². The lowest BCUT2D eigenvalue weighted by molar-refractivity contribution is 0.0173. The fourth-order valence-corrected chi connectivity index (χ4v) is 1.74. The van der Waals surface area contributed by atoms with Gasteiger partial charge in [-0.2, -0.15) is 0 Å². The van der Waals surface area contributed by atoms with Crippen LogP contribution in [0, 0.1) is 5.92 Å². The SMILES string of the molecule is COC1CCCC(CON)C1. The molecule has 66 valence electrons. The Morgan fingerprint density at radius 2 is 2.27 bits per heavy atom. The molecule has 3 heteroatoms. The molecule has 1 saturated carbocycles. The maximum Gasteiger partial charge on any atom is 0.0708 e. The lowest BCUT2D eigenvalue weighted by Gasteiger charge is -2.27. The van der Waals surface area contributed by atoms with Crippen LogP contribution in [-0.2, 0) is 9.57 Å². The Morgan fingerprint density at radius 3 is 2.91 bits per heavy atom. The standard InChI is InChI=1S/C8H17NO2/c1-10-8-4-2-3-7(5-8)6-11-9/h7-8H,2-6,9H2,1H3. The number of hydrogen-bond donors (Lipinski definition) is 1. The quantitative estimate of drug-likeness (QED) is 0.627. The molecular weight excluding hydrogens is 142 g/mol. The summed E-state index contributed by atoms with van der Waals surface area (Å²) in [6.07, 6.45) is 5.21. The minimum atomic E-state index is 0.434. The Hall–Kier alpha value is -0.120. The first kappa shape index (κ1) is 8.97. The number of methoxy groups -OCH3 is 1. The van der Waals surface area contributed by atoms with E-state index in [4.69, 9.17) is 10.6 Å². The van der Waals surface area contributed by atoms with Crippen molar-refractivity contribution in [2.45, 2.75) is 31.8 Å². The summed E-state index contributed by atoms with van der Waals surface area (Å²) in [4.78, 5) is 4.62. The van der Waals surface area contributed by atoms with Crippen molar-refractivity contribution in [3.05, 3.63) is 0 Å². The first-order chi connectivity index (χ1) is 5.36. The van der Waals surface area contributed by atoms with E-state index in [2.05, 4.69) is 4.84 Å². The van der Waals surface area contributed by atoms with Crippen molar-refractivity contribution in [2.75, 3.05) is 13.7 Å². The molecule has 3 nitrogen and oxygen atoms in total. The van der Waals surface area contributed by atoms with Crippen LogP contribution in [0.15, 0.2) is 0 Å². The highest BCUT2D eigenvalue weighted by Crippen LogP contribution is 2.25. The van der Waals surface area contributed by atoms with Crippen LogP contribution in [0.2, 0.25) is 0 Å². The van der Waals surface area contributed by atoms with E-state index >= 15 is 0 Å². The molecule has 0 aromatic carbocycles. The molecule has 0 heterocycles. The van der Waals surface area contributed by atoms with E-state index in [1.54, 1.807) is 7.11 Å². The van der Waals surface area contributed by atoms with Crippen molar-refractivity contribution in [1.82, 2.24) is 0 Å². The van der Waals surface area contributed by atoms with Crippen LogP contribution in [0.25, 0.3) is 0 Å². The molecule has 0 bridgehead atoms. The molecule has 0 radical (unpaired) electrons. The van der Waals surface area contributed by atoms with Crippen molar-refractivity contribution in [3.63, 3.8) is 0 Å². The van der Waals surface area contributed by atoms with Gasteiger partial charge in [-0.15, -0.1) is 0 Å². The van der Waals surface area contributed by atoms with Crippen molar-refractivity contribution in [3.8, 4) is 0 Å². The van der Waals surface area contributed by atoms with E-state index in [-0.39, 0.29) is 0 Å². The molecule has 2 N–H and O–H groups in total. The molecule has 2 atom stereocenters. The number of rotatable bonds is 3. The number of hydrogen-bond acceptors (Lipinski definition) is 3. The van der Waals surface area contributed by atoms with Gasteiger partial charge in [0, 0.05) is 7.11 Å². The van der Waals surface area contributed by atoms with E-state index in [0.717, 1.165) is 6.42 Å². The van der Waals surface area contributed by atoms with Gasteiger partial charge in [0.25, 0.3) is 0 Å². The zero-order valence-corrected chi connectivity index (χ0v) is 7.08. The Bertz CT molecular complexity index is 106. The van der Waals surface area contributed by atoms with Gasteiger partial charge in [0.1, 0.15) is 0 Å². The van der Waals surface area contributed by atoms with Crippen LogP contribution in [0.4, 0.5) is 0 Å². The summed E-state index contributed by atoms with van der Waals surface area (Å²) < 4.78 is 5.27. The minimum absolute atomic E-state index is 0.434. The van der Waals surface area contributed by atoms with Crippen molar-refractivity contribution < 1.29 is 9.57 Å². The second kappa shape index (κ2) is 4.70. The third-order valence-corrected chi connectivity index (χ3v) is 2.40. The maximum atomic E-state index is 5.27. The highest BCUT2D eigenvalue weighted by molar-refractivity contribution is 4.72. The lowest BCUT2D eigenvalue weighted by atomic mass is 9.88. The highest BCUT2D eigenvalue weighted by atomic mass is 16.6. The van der Waals surface area contributed by atoms with Crippen LogP contribution in [0.1, 0.15) is 25.7 Å². The summed E-state index contributed by atoms with van der Waals surface area (Å²) in [5.74, 6) is 5.62. The van der Waals surface area contributed by atoms with Gasteiger partial charge in [0.2, 0.25) is 0 Å². The second-order valence-corrected chi connectivity index (χ2v) is 3.22. The summed E-state index contributed by atoms with van der Waals surface area (Å²) in [7, 11) is 1.77. The molecule has 1 rings (SSSR count). The van der Waals surface area contributed by atoms with Crippen LogP contribution in [0.3, 0.4) is 0 Å². The fraction of sp³-hybridized carbons (Fsp3) is 1.00. The first-order valence-corrected chi connectivity index (χ1v) is 4.21. The summed E-state index contributed by atoms with van der Waals surface area (Å²) in [5.41, 5.74) is 0. The second-order valence-electron chi connectivity index (χ2n) is 3.22. The van der Waals surface area contributed by atoms with Gasteiger partial charge in [-0.05, 0) is 25.2 Å². The molecule has 0 aromatic heterocycles. The van der Waals surface area contributed by atoms with E-state index < -0.39 is 0 Å². The van der Waals surface area contributed by atoms with E-state index in [1.807, 2.05) is 0 Å². The number of nitrogens with two attached hydrogens (primary N) is 1. The Morgan fingerprint density at radius 1 is 1.45 bits per heavy atom. The molecule has 1 aliphatic rings. The van der Waals surface area contributed by atoms with Crippen molar-refractivity contribution in [2.24, 2.45) is 11.8 Å². The van der Waals surface area contributed by atoms with Crippen molar-refractivity contribution in [1.29, 1.82) is 0 Å². The Kier molecular flexibility index (Phi) is 3.83. The van der Waals surface area contributed by atoms with Crippen molar-refractivity contribution >= 4 is 0 Å². The summed E-state index contributed by atoms with van der Waals surface area (Å²) in [6.45, 7) is 0.680. The summed E-state index contributed by atoms with van der Waals surface area (Å²) >= 11 is 0. The summed E-state index contributed by atoms with van der Waals surface area (Å²) in [5, 5.41) is 0. The minimum Gasteiger partial charge on any atom is -0.381 e. The smallest absolute Gasteiger partial charge is 0.0708 e. The normalized spacial score (nSPS) is 32.2. The topological polar surface area (TPSA) is 44.5 Å². The maximum absolute atomic E-state index is 5.27. The van der Waals surface area contributed by atoms with E-state index in [1.165, 1.54) is 19.3 Å². The van der Waals surface area contributed by atoms with E-state index in [0.29, 0.717) is 18.6 Å². The monoisotopic (exact) mass is 159 g/mol. The Labute approximate surface area is 67.8 Å². The average Bonchev–Trinajstić information content (AvgIpc) is 2.06. The van der Waals surface area contributed by atoms with Gasteiger partial charge in [-0.25, -0.2) is 5.90 Å². The molecule has 0 saturated heterocycles. The highest BCUT2D eigenvalue weighted by Gasteiger charge is 2.21. The third kappa shape index (κ3) is 2.77. The van der Waals surface area contributed by atoms with Gasteiger partial charge in [0.05, 0.1) is 12.7 Å². The van der Waals surface area contributed by atoms with E-state index in [9.17, 15) is 0 Å². The lowest BCUT2D eigenvalue weighted by Crippen LogP contribution is -2.25. The number of ether oxygens (including phenoxy) is 1. The molecular formula is C8H17NO2.